The minimum absolute atomic E-state index is 0.128. The van der Waals surface area contributed by atoms with Gasteiger partial charge in [0.2, 0.25) is 5.91 Å². The van der Waals surface area contributed by atoms with E-state index in [9.17, 15) is 9.59 Å². The van der Waals surface area contributed by atoms with Crippen molar-refractivity contribution in [3.8, 4) is 17.5 Å². The lowest BCUT2D eigenvalue weighted by atomic mass is 9.86. The van der Waals surface area contributed by atoms with Gasteiger partial charge in [-0.2, -0.15) is 0 Å². The lowest BCUT2D eigenvalue weighted by Crippen LogP contribution is -2.46. The van der Waals surface area contributed by atoms with Crippen molar-refractivity contribution >= 4 is 17.7 Å². The number of carbonyl (C=O) groups is 2. The maximum absolute atomic E-state index is 12.3. The first-order valence-corrected chi connectivity index (χ1v) is 9.24. The van der Waals surface area contributed by atoms with Gasteiger partial charge < -0.3 is 25.2 Å². The highest BCUT2D eigenvalue weighted by Gasteiger charge is 2.35. The van der Waals surface area contributed by atoms with Crippen molar-refractivity contribution in [3.63, 3.8) is 0 Å². The molecule has 2 aromatic rings. The van der Waals surface area contributed by atoms with Gasteiger partial charge >= 0.3 is 12.1 Å². The van der Waals surface area contributed by atoms with Crippen LogP contribution in [0.1, 0.15) is 33.3 Å². The SMILES string of the molecule is CC(C)[C@@H](NC(=O)O)C(=O)Nc1cnc(Oc2cccc3c2C(C)(C)CO3)nc1. The van der Waals surface area contributed by atoms with Crippen LogP contribution >= 0.6 is 0 Å². The van der Waals surface area contributed by atoms with E-state index in [1.165, 1.54) is 12.4 Å². The van der Waals surface area contributed by atoms with Gasteiger partial charge in [0.15, 0.2) is 0 Å². The van der Waals surface area contributed by atoms with E-state index in [2.05, 4.69) is 34.4 Å². The van der Waals surface area contributed by atoms with Crippen molar-refractivity contribution in [3.05, 3.63) is 36.2 Å². The van der Waals surface area contributed by atoms with Gasteiger partial charge in [-0.3, -0.25) is 4.79 Å². The molecule has 0 spiro atoms. The lowest BCUT2D eigenvalue weighted by molar-refractivity contribution is -0.119. The number of anilines is 1. The Labute approximate surface area is 168 Å². The Morgan fingerprint density at radius 2 is 1.93 bits per heavy atom. The molecule has 1 aromatic carbocycles. The Balaban J connectivity index is 1.71. The second-order valence-corrected chi connectivity index (χ2v) is 7.82. The van der Waals surface area contributed by atoms with Gasteiger partial charge in [0.1, 0.15) is 17.5 Å². The Morgan fingerprint density at radius 1 is 1.24 bits per heavy atom. The molecular formula is C20H24N4O5. The van der Waals surface area contributed by atoms with E-state index < -0.39 is 18.0 Å². The molecule has 154 valence electrons. The number of rotatable bonds is 6. The number of benzene rings is 1. The van der Waals surface area contributed by atoms with Gasteiger partial charge in [-0.25, -0.2) is 14.8 Å². The molecule has 29 heavy (non-hydrogen) atoms. The highest BCUT2D eigenvalue weighted by Crippen LogP contribution is 2.44. The fourth-order valence-corrected chi connectivity index (χ4v) is 3.13. The van der Waals surface area contributed by atoms with Crippen molar-refractivity contribution in [2.75, 3.05) is 11.9 Å². The molecule has 1 aromatic heterocycles. The molecule has 2 heterocycles. The number of amides is 2. The summed E-state index contributed by atoms with van der Waals surface area (Å²) in [6.07, 6.45) is 1.55. The number of fused-ring (bicyclic) bond motifs is 1. The van der Waals surface area contributed by atoms with Crippen molar-refractivity contribution < 1.29 is 24.2 Å². The standard InChI is InChI=1S/C20H24N4O5/c1-11(2)16(24-19(26)27)17(25)23-12-8-21-18(22-9-12)29-14-7-5-6-13-15(14)20(3,4)10-28-13/h5-9,11,16,24H,10H2,1-4H3,(H,23,25)(H,26,27)/t16-/m1/s1. The van der Waals surface area contributed by atoms with Crippen LogP contribution in [-0.4, -0.2) is 39.7 Å². The highest BCUT2D eigenvalue weighted by atomic mass is 16.5. The number of nitrogens with one attached hydrogen (secondary N) is 2. The van der Waals surface area contributed by atoms with Crippen molar-refractivity contribution in [2.24, 2.45) is 5.92 Å². The third-order valence-electron chi connectivity index (χ3n) is 4.58. The molecule has 0 radical (unpaired) electrons. The van der Waals surface area contributed by atoms with Crippen LogP contribution < -0.4 is 20.1 Å². The van der Waals surface area contributed by atoms with E-state index in [0.717, 1.165) is 11.3 Å². The van der Waals surface area contributed by atoms with Gasteiger partial charge in [0.25, 0.3) is 0 Å². The van der Waals surface area contributed by atoms with Gasteiger partial charge in [-0.1, -0.05) is 33.8 Å². The van der Waals surface area contributed by atoms with E-state index >= 15 is 0 Å². The number of nitrogens with zero attached hydrogens (tertiary/aromatic N) is 2. The molecule has 0 aliphatic carbocycles. The average molecular weight is 400 g/mol. The van der Waals surface area contributed by atoms with Crippen LogP contribution in [0.15, 0.2) is 30.6 Å². The van der Waals surface area contributed by atoms with Gasteiger partial charge in [0.05, 0.1) is 24.7 Å². The summed E-state index contributed by atoms with van der Waals surface area (Å²) in [5.74, 6) is 0.689. The molecular weight excluding hydrogens is 376 g/mol. The van der Waals surface area contributed by atoms with Crippen LogP contribution in [0.4, 0.5) is 10.5 Å². The molecule has 0 saturated heterocycles. The number of hydrogen-bond acceptors (Lipinski definition) is 6. The van der Waals surface area contributed by atoms with Crippen LogP contribution in [0.5, 0.6) is 17.5 Å². The first kappa shape index (κ1) is 20.4. The monoisotopic (exact) mass is 400 g/mol. The molecule has 0 saturated carbocycles. The molecule has 2 amide bonds. The van der Waals surface area contributed by atoms with Crippen LogP contribution in [0.25, 0.3) is 0 Å². The topological polar surface area (TPSA) is 123 Å². The minimum atomic E-state index is -1.26. The van der Waals surface area contributed by atoms with Gasteiger partial charge in [-0.15, -0.1) is 0 Å². The maximum atomic E-state index is 12.3. The summed E-state index contributed by atoms with van der Waals surface area (Å²) in [6, 6.07) is 4.80. The zero-order valence-corrected chi connectivity index (χ0v) is 16.7. The number of carboxylic acid groups (broad SMARTS) is 1. The van der Waals surface area contributed by atoms with Gasteiger partial charge in [0, 0.05) is 11.0 Å². The fourth-order valence-electron chi connectivity index (χ4n) is 3.13. The summed E-state index contributed by atoms with van der Waals surface area (Å²) in [5, 5.41) is 13.7. The Kier molecular flexibility index (Phi) is 5.58. The number of aromatic nitrogens is 2. The molecule has 3 rings (SSSR count). The lowest BCUT2D eigenvalue weighted by Gasteiger charge is -2.20. The van der Waals surface area contributed by atoms with E-state index in [1.807, 2.05) is 18.2 Å². The molecule has 0 bridgehead atoms. The molecule has 0 fully saturated rings. The number of ether oxygens (including phenoxy) is 2. The number of hydrogen-bond donors (Lipinski definition) is 3. The summed E-state index contributed by atoms with van der Waals surface area (Å²) in [4.78, 5) is 31.5. The molecule has 9 heteroatoms. The number of carbonyl (C=O) groups excluding carboxylic acids is 1. The summed E-state index contributed by atoms with van der Waals surface area (Å²) >= 11 is 0. The van der Waals surface area contributed by atoms with Crippen LogP contribution in [-0.2, 0) is 10.2 Å². The maximum Gasteiger partial charge on any atom is 0.405 e. The molecule has 1 aliphatic heterocycles. The average Bonchev–Trinajstić information content (AvgIpc) is 2.97. The van der Waals surface area contributed by atoms with E-state index in [1.54, 1.807) is 13.8 Å². The second-order valence-electron chi connectivity index (χ2n) is 7.82. The summed E-state index contributed by atoms with van der Waals surface area (Å²) in [5.41, 5.74) is 1.10. The Morgan fingerprint density at radius 3 is 2.55 bits per heavy atom. The van der Waals surface area contributed by atoms with Crippen LogP contribution in [0.3, 0.4) is 0 Å². The van der Waals surface area contributed by atoms with E-state index in [4.69, 9.17) is 14.6 Å². The Bertz CT molecular complexity index is 912. The van der Waals surface area contributed by atoms with E-state index in [-0.39, 0.29) is 17.3 Å². The summed E-state index contributed by atoms with van der Waals surface area (Å²) < 4.78 is 11.6. The smallest absolute Gasteiger partial charge is 0.405 e. The minimum Gasteiger partial charge on any atom is -0.492 e. The van der Waals surface area contributed by atoms with Crippen molar-refractivity contribution in [1.82, 2.24) is 15.3 Å². The summed E-state index contributed by atoms with van der Waals surface area (Å²) in [6.45, 7) is 8.20. The molecule has 3 N–H and O–H groups in total. The Hall–Kier alpha value is -3.36. The molecule has 1 atom stereocenters. The quantitative estimate of drug-likeness (QED) is 0.680. The third-order valence-corrected chi connectivity index (χ3v) is 4.58. The molecule has 1 aliphatic rings. The predicted octanol–water partition coefficient (Wildman–Crippen LogP) is 3.17. The third kappa shape index (κ3) is 4.56. The second kappa shape index (κ2) is 7.94. The van der Waals surface area contributed by atoms with Crippen molar-refractivity contribution in [1.29, 1.82) is 0 Å². The fraction of sp³-hybridized carbons (Fsp3) is 0.400. The summed E-state index contributed by atoms with van der Waals surface area (Å²) in [7, 11) is 0. The molecule has 0 unspecified atom stereocenters. The largest absolute Gasteiger partial charge is 0.492 e. The normalized spacial score (nSPS) is 15.2. The first-order chi connectivity index (χ1) is 13.7. The van der Waals surface area contributed by atoms with Gasteiger partial charge in [-0.05, 0) is 18.1 Å². The van der Waals surface area contributed by atoms with Crippen molar-refractivity contribution in [2.45, 2.75) is 39.2 Å². The molecule has 9 nitrogen and oxygen atoms in total. The zero-order valence-electron chi connectivity index (χ0n) is 16.7. The van der Waals surface area contributed by atoms with E-state index in [0.29, 0.717) is 18.0 Å². The first-order valence-electron chi connectivity index (χ1n) is 9.24. The zero-order chi connectivity index (χ0) is 21.2. The van der Waals surface area contributed by atoms with Crippen LogP contribution in [0, 0.1) is 5.92 Å². The van der Waals surface area contributed by atoms with Crippen LogP contribution in [0.2, 0.25) is 0 Å². The predicted molar refractivity (Wildman–Crippen MR) is 105 cm³/mol. The highest BCUT2D eigenvalue weighted by molar-refractivity contribution is 5.96.